The van der Waals surface area contributed by atoms with Crippen LogP contribution in [0.5, 0.6) is 0 Å². The summed E-state index contributed by atoms with van der Waals surface area (Å²) in [6, 6.07) is 10.2. The van der Waals surface area contributed by atoms with Crippen LogP contribution >= 0.6 is 35.1 Å². The predicted molar refractivity (Wildman–Crippen MR) is 101 cm³/mol. The molecule has 2 aromatic rings. The molecule has 0 fully saturated rings. The molecule has 0 unspecified atom stereocenters. The minimum atomic E-state index is -0.808. The number of rotatable bonds is 4. The Morgan fingerprint density at radius 1 is 0.963 bits per heavy atom. The highest BCUT2D eigenvalue weighted by Crippen LogP contribution is 2.25. The lowest BCUT2D eigenvalue weighted by Gasteiger charge is -2.13. The summed E-state index contributed by atoms with van der Waals surface area (Å²) in [4.78, 5) is 49.6. The molecule has 1 heterocycles. The van der Waals surface area contributed by atoms with Crippen molar-refractivity contribution in [1.29, 1.82) is 0 Å². The van der Waals surface area contributed by atoms with Gasteiger partial charge in [-0.3, -0.25) is 29.3 Å². The SMILES string of the molecule is O=C(CN1C(=O)c2ccccc2C1=O)NC(=O)NSc1cc(Cl)cc(Cl)c1. The summed E-state index contributed by atoms with van der Waals surface area (Å²) >= 11 is 12.6. The summed E-state index contributed by atoms with van der Waals surface area (Å²) in [7, 11) is 0. The van der Waals surface area contributed by atoms with E-state index >= 15 is 0 Å². The van der Waals surface area contributed by atoms with Gasteiger partial charge in [-0.1, -0.05) is 35.3 Å². The van der Waals surface area contributed by atoms with E-state index < -0.39 is 30.3 Å². The number of nitrogens with one attached hydrogen (secondary N) is 2. The Bertz CT molecular complexity index is 912. The van der Waals surface area contributed by atoms with Gasteiger partial charge in [-0.15, -0.1) is 0 Å². The number of hydrogen-bond acceptors (Lipinski definition) is 5. The Balaban J connectivity index is 1.54. The molecule has 1 aliphatic rings. The monoisotopic (exact) mass is 423 g/mol. The molecule has 0 aromatic heterocycles. The van der Waals surface area contributed by atoms with Crippen LogP contribution in [-0.4, -0.2) is 35.2 Å². The van der Waals surface area contributed by atoms with Crippen LogP contribution in [-0.2, 0) is 4.79 Å². The van der Waals surface area contributed by atoms with Gasteiger partial charge in [-0.25, -0.2) is 4.79 Å². The number of fused-ring (bicyclic) bond motifs is 1. The average molecular weight is 424 g/mol. The molecule has 5 amide bonds. The van der Waals surface area contributed by atoms with E-state index in [0.717, 1.165) is 16.8 Å². The lowest BCUT2D eigenvalue weighted by molar-refractivity contribution is -0.120. The summed E-state index contributed by atoms with van der Waals surface area (Å²) in [5.74, 6) is -1.95. The van der Waals surface area contributed by atoms with Crippen LogP contribution in [0.4, 0.5) is 4.79 Å². The molecule has 1 aliphatic heterocycles. The highest BCUT2D eigenvalue weighted by Gasteiger charge is 2.36. The largest absolute Gasteiger partial charge is 0.331 e. The first kappa shape index (κ1) is 19.2. The van der Waals surface area contributed by atoms with Gasteiger partial charge in [0.05, 0.1) is 11.1 Å². The van der Waals surface area contributed by atoms with Gasteiger partial charge < -0.3 is 0 Å². The fraction of sp³-hybridized carbons (Fsp3) is 0.0588. The summed E-state index contributed by atoms with van der Waals surface area (Å²) in [5.41, 5.74) is 0.460. The maximum absolute atomic E-state index is 12.2. The standard InChI is InChI=1S/C17H11Cl2N3O4S/c18-9-5-10(19)7-11(6-9)27-21-17(26)20-14(23)8-22-15(24)12-3-1-2-4-13(12)16(22)25/h1-7H,8H2,(H2,20,21,23,26). The summed E-state index contributed by atoms with van der Waals surface area (Å²) in [6.45, 7) is -0.562. The Morgan fingerprint density at radius 3 is 2.07 bits per heavy atom. The van der Waals surface area contributed by atoms with Crippen molar-refractivity contribution in [2.45, 2.75) is 4.90 Å². The molecule has 0 saturated heterocycles. The van der Waals surface area contributed by atoms with Gasteiger partial charge in [0.1, 0.15) is 6.54 Å². The minimum Gasteiger partial charge on any atom is -0.277 e. The lowest BCUT2D eigenvalue weighted by atomic mass is 10.1. The van der Waals surface area contributed by atoms with Crippen molar-refractivity contribution in [3.8, 4) is 0 Å². The van der Waals surface area contributed by atoms with Crippen LogP contribution < -0.4 is 10.0 Å². The fourth-order valence-electron chi connectivity index (χ4n) is 2.41. The molecule has 0 bridgehead atoms. The Morgan fingerprint density at radius 2 is 1.52 bits per heavy atom. The van der Waals surface area contributed by atoms with Gasteiger partial charge >= 0.3 is 6.03 Å². The topological polar surface area (TPSA) is 95.6 Å². The molecule has 2 aromatic carbocycles. The average Bonchev–Trinajstić information content (AvgIpc) is 2.84. The van der Waals surface area contributed by atoms with Gasteiger partial charge in [0.25, 0.3) is 11.8 Å². The van der Waals surface area contributed by atoms with Gasteiger partial charge in [0.2, 0.25) is 5.91 Å². The molecule has 0 radical (unpaired) electrons. The smallest absolute Gasteiger partial charge is 0.277 e. The first-order valence-electron chi connectivity index (χ1n) is 7.53. The first-order valence-corrected chi connectivity index (χ1v) is 9.10. The fourth-order valence-corrected chi connectivity index (χ4v) is 3.70. The maximum Gasteiger partial charge on any atom is 0.331 e. The van der Waals surface area contributed by atoms with Crippen molar-refractivity contribution >= 4 is 58.9 Å². The van der Waals surface area contributed by atoms with E-state index in [4.69, 9.17) is 23.2 Å². The number of hydrogen-bond donors (Lipinski definition) is 2. The van der Waals surface area contributed by atoms with Crippen LogP contribution in [0.2, 0.25) is 10.0 Å². The second-order valence-electron chi connectivity index (χ2n) is 5.43. The number of carbonyl (C=O) groups excluding carboxylic acids is 4. The van der Waals surface area contributed by atoms with Gasteiger partial charge in [0, 0.05) is 14.9 Å². The highest BCUT2D eigenvalue weighted by atomic mass is 35.5. The van der Waals surface area contributed by atoms with Gasteiger partial charge in [-0.05, 0) is 42.3 Å². The Labute approximate surface area is 168 Å². The maximum atomic E-state index is 12.2. The molecule has 138 valence electrons. The molecule has 7 nitrogen and oxygen atoms in total. The van der Waals surface area contributed by atoms with Gasteiger partial charge in [0.15, 0.2) is 0 Å². The van der Waals surface area contributed by atoms with Gasteiger partial charge in [-0.2, -0.15) is 0 Å². The zero-order valence-corrected chi connectivity index (χ0v) is 15.8. The van der Waals surface area contributed by atoms with E-state index in [1.54, 1.807) is 30.3 Å². The number of amides is 5. The van der Waals surface area contributed by atoms with Crippen LogP contribution in [0, 0.1) is 0 Å². The number of imide groups is 2. The molecule has 2 N–H and O–H groups in total. The Kier molecular flexibility index (Phi) is 5.69. The highest BCUT2D eigenvalue weighted by molar-refractivity contribution is 7.98. The normalized spacial score (nSPS) is 12.7. The van der Waals surface area contributed by atoms with Crippen LogP contribution in [0.15, 0.2) is 47.4 Å². The molecule has 0 aliphatic carbocycles. The quantitative estimate of drug-likeness (QED) is 0.581. The van der Waals surface area contributed by atoms with E-state index in [1.165, 1.54) is 12.1 Å². The van der Waals surface area contributed by atoms with Crippen molar-refractivity contribution in [2.24, 2.45) is 0 Å². The van der Waals surface area contributed by atoms with E-state index in [0.29, 0.717) is 14.9 Å². The van der Waals surface area contributed by atoms with Crippen LogP contribution in [0.1, 0.15) is 20.7 Å². The summed E-state index contributed by atoms with van der Waals surface area (Å²) < 4.78 is 2.39. The second kappa shape index (κ2) is 7.99. The van der Waals surface area contributed by atoms with Crippen LogP contribution in [0.3, 0.4) is 0 Å². The predicted octanol–water partition coefficient (Wildman–Crippen LogP) is 3.12. The molecular formula is C17H11Cl2N3O4S. The van der Waals surface area contributed by atoms with E-state index in [1.807, 2.05) is 0 Å². The first-order chi connectivity index (χ1) is 12.8. The molecule has 27 heavy (non-hydrogen) atoms. The van der Waals surface area contributed by atoms with E-state index in [9.17, 15) is 19.2 Å². The van der Waals surface area contributed by atoms with Crippen LogP contribution in [0.25, 0.3) is 0 Å². The lowest BCUT2D eigenvalue weighted by Crippen LogP contribution is -2.44. The van der Waals surface area contributed by atoms with Crippen molar-refractivity contribution in [3.63, 3.8) is 0 Å². The summed E-state index contributed by atoms with van der Waals surface area (Å²) in [6.07, 6.45) is 0. The zero-order chi connectivity index (χ0) is 19.6. The zero-order valence-electron chi connectivity index (χ0n) is 13.5. The number of urea groups is 1. The molecule has 3 rings (SSSR count). The third kappa shape index (κ3) is 4.41. The minimum absolute atomic E-state index is 0.230. The van der Waals surface area contributed by atoms with Crippen molar-refractivity contribution in [2.75, 3.05) is 6.54 Å². The number of benzene rings is 2. The Hall–Kier alpha value is -2.55. The summed E-state index contributed by atoms with van der Waals surface area (Å²) in [5, 5.41) is 2.85. The molecule has 0 saturated carbocycles. The van der Waals surface area contributed by atoms with Crippen molar-refractivity contribution < 1.29 is 19.2 Å². The van der Waals surface area contributed by atoms with Crippen molar-refractivity contribution in [3.05, 3.63) is 63.6 Å². The number of halogens is 2. The molecule has 0 spiro atoms. The van der Waals surface area contributed by atoms with Crippen molar-refractivity contribution in [1.82, 2.24) is 14.9 Å². The third-order valence-corrected chi connectivity index (χ3v) is 4.73. The molecule has 0 atom stereocenters. The van der Waals surface area contributed by atoms with E-state index in [-0.39, 0.29) is 11.1 Å². The number of nitrogens with zero attached hydrogens (tertiary/aromatic N) is 1. The third-order valence-electron chi connectivity index (χ3n) is 3.53. The second-order valence-corrected chi connectivity index (χ2v) is 7.18. The van der Waals surface area contributed by atoms with E-state index in [2.05, 4.69) is 10.0 Å². The molecule has 10 heteroatoms. The molecular weight excluding hydrogens is 413 g/mol. The number of carbonyl (C=O) groups is 4.